The van der Waals surface area contributed by atoms with Crippen molar-refractivity contribution in [3.8, 4) is 0 Å². The third kappa shape index (κ3) is 7.10. The molecule has 3 rings (SSSR count). The topological polar surface area (TPSA) is 92.6 Å². The summed E-state index contributed by atoms with van der Waals surface area (Å²) in [6.45, 7) is 7.69. The second-order valence-electron chi connectivity index (χ2n) is 7.90. The zero-order valence-electron chi connectivity index (χ0n) is 18.8. The van der Waals surface area contributed by atoms with Crippen molar-refractivity contribution < 1.29 is 9.53 Å². The summed E-state index contributed by atoms with van der Waals surface area (Å²) in [5, 5.41) is 14.1. The van der Waals surface area contributed by atoms with Gasteiger partial charge in [0.15, 0.2) is 5.96 Å². The number of nitrogens with one attached hydrogen (secondary N) is 3. The number of carbonyl (C=O) groups is 1. The molecular weight excluding hydrogens is 392 g/mol. The van der Waals surface area contributed by atoms with Gasteiger partial charge in [-0.25, -0.2) is 0 Å². The molecule has 8 nitrogen and oxygen atoms in total. The van der Waals surface area contributed by atoms with E-state index in [-0.39, 0.29) is 12.0 Å². The van der Waals surface area contributed by atoms with Crippen LogP contribution in [-0.4, -0.2) is 54.5 Å². The van der Waals surface area contributed by atoms with E-state index in [1.807, 2.05) is 35.9 Å². The first-order valence-electron chi connectivity index (χ1n) is 11.0. The van der Waals surface area contributed by atoms with Crippen LogP contribution in [0.15, 0.2) is 35.3 Å². The monoisotopic (exact) mass is 426 g/mol. The number of rotatable bonds is 9. The van der Waals surface area contributed by atoms with E-state index in [0.717, 1.165) is 56.2 Å². The van der Waals surface area contributed by atoms with E-state index < -0.39 is 0 Å². The van der Waals surface area contributed by atoms with Gasteiger partial charge in [-0.05, 0) is 56.9 Å². The van der Waals surface area contributed by atoms with Crippen molar-refractivity contribution >= 4 is 11.9 Å². The van der Waals surface area contributed by atoms with Gasteiger partial charge in [0.2, 0.25) is 0 Å². The molecule has 1 atom stereocenters. The molecule has 0 aliphatic carbocycles. The standard InChI is InChI=1S/C23H34N6O2/c1-17-13-18(2)29(28-17)11-6-10-25-23(24-3)27-15-19-7-4-8-20(14-19)22(30)26-16-21-9-5-12-31-21/h4,7-8,13-14,21H,5-6,9-12,15-16H2,1-3H3,(H,26,30)(H2,24,25,27). The first kappa shape index (κ1) is 22.8. The largest absolute Gasteiger partial charge is 0.376 e. The minimum Gasteiger partial charge on any atom is -0.376 e. The van der Waals surface area contributed by atoms with Gasteiger partial charge in [0, 0.05) is 51.1 Å². The number of nitrogens with zero attached hydrogens (tertiary/aromatic N) is 3. The highest BCUT2D eigenvalue weighted by Gasteiger charge is 2.16. The summed E-state index contributed by atoms with van der Waals surface area (Å²) in [7, 11) is 1.76. The zero-order valence-corrected chi connectivity index (χ0v) is 18.8. The summed E-state index contributed by atoms with van der Waals surface area (Å²) in [4.78, 5) is 16.7. The number of carbonyl (C=O) groups excluding carboxylic acids is 1. The Balaban J connectivity index is 1.40. The highest BCUT2D eigenvalue weighted by molar-refractivity contribution is 5.94. The van der Waals surface area contributed by atoms with E-state index >= 15 is 0 Å². The average molecular weight is 427 g/mol. The lowest BCUT2D eigenvalue weighted by molar-refractivity contribution is 0.0857. The molecule has 1 amide bonds. The van der Waals surface area contributed by atoms with E-state index in [2.05, 4.69) is 39.0 Å². The van der Waals surface area contributed by atoms with Gasteiger partial charge >= 0.3 is 0 Å². The van der Waals surface area contributed by atoms with Crippen LogP contribution in [0.25, 0.3) is 0 Å². The lowest BCUT2D eigenvalue weighted by atomic mass is 10.1. The molecule has 1 unspecified atom stereocenters. The molecule has 1 aliphatic rings. The van der Waals surface area contributed by atoms with Gasteiger partial charge in [0.1, 0.15) is 0 Å². The van der Waals surface area contributed by atoms with Crippen LogP contribution < -0.4 is 16.0 Å². The minimum absolute atomic E-state index is 0.0657. The van der Waals surface area contributed by atoms with Crippen LogP contribution in [0, 0.1) is 13.8 Å². The Kier molecular flexibility index (Phi) is 8.46. The number of aryl methyl sites for hydroxylation is 3. The molecule has 0 saturated carbocycles. The van der Waals surface area contributed by atoms with E-state index in [9.17, 15) is 4.79 Å². The molecule has 1 aliphatic heterocycles. The van der Waals surface area contributed by atoms with Crippen molar-refractivity contribution in [1.82, 2.24) is 25.7 Å². The first-order valence-corrected chi connectivity index (χ1v) is 11.0. The van der Waals surface area contributed by atoms with Gasteiger partial charge in [-0.15, -0.1) is 0 Å². The Hall–Kier alpha value is -2.87. The number of hydrogen-bond donors (Lipinski definition) is 3. The summed E-state index contributed by atoms with van der Waals surface area (Å²) in [6, 6.07) is 9.74. The van der Waals surface area contributed by atoms with Gasteiger partial charge in [0.05, 0.1) is 11.8 Å². The van der Waals surface area contributed by atoms with Crippen molar-refractivity contribution in [3.05, 3.63) is 52.8 Å². The van der Waals surface area contributed by atoms with Crippen LogP contribution in [0.3, 0.4) is 0 Å². The Morgan fingerprint density at radius 2 is 2.13 bits per heavy atom. The molecule has 2 aromatic rings. The fourth-order valence-corrected chi connectivity index (χ4v) is 3.68. The normalized spacial score (nSPS) is 16.4. The Bertz CT molecular complexity index is 886. The van der Waals surface area contributed by atoms with Crippen molar-refractivity contribution in [3.63, 3.8) is 0 Å². The summed E-state index contributed by atoms with van der Waals surface area (Å²) in [5.74, 6) is 0.672. The molecule has 8 heteroatoms. The quantitative estimate of drug-likeness (QED) is 0.325. The van der Waals surface area contributed by atoms with Gasteiger partial charge < -0.3 is 20.7 Å². The number of amides is 1. The molecule has 3 N–H and O–H groups in total. The Labute approximate surface area is 184 Å². The summed E-state index contributed by atoms with van der Waals surface area (Å²) < 4.78 is 7.59. The van der Waals surface area contributed by atoms with Crippen molar-refractivity contribution in [2.45, 2.75) is 52.3 Å². The number of guanidine groups is 1. The molecule has 0 bridgehead atoms. The summed E-state index contributed by atoms with van der Waals surface area (Å²) in [6.07, 6.45) is 3.17. The van der Waals surface area contributed by atoms with Gasteiger partial charge in [-0.2, -0.15) is 5.10 Å². The maximum atomic E-state index is 12.4. The van der Waals surface area contributed by atoms with Crippen molar-refractivity contribution in [2.24, 2.45) is 4.99 Å². The summed E-state index contributed by atoms with van der Waals surface area (Å²) in [5.41, 5.74) is 3.91. The molecule has 168 valence electrons. The highest BCUT2D eigenvalue weighted by Crippen LogP contribution is 2.11. The maximum Gasteiger partial charge on any atom is 0.251 e. The zero-order chi connectivity index (χ0) is 22.1. The molecule has 1 aromatic carbocycles. The molecule has 0 spiro atoms. The SMILES string of the molecule is CN=C(NCCCn1nc(C)cc1C)NCc1cccc(C(=O)NCC2CCCO2)c1. The number of aromatic nitrogens is 2. The molecule has 2 heterocycles. The molecule has 1 aromatic heterocycles. The molecular formula is C23H34N6O2. The number of benzene rings is 1. The number of hydrogen-bond acceptors (Lipinski definition) is 4. The minimum atomic E-state index is -0.0657. The number of aliphatic imine (C=N–C) groups is 1. The van der Waals surface area contributed by atoms with E-state index in [0.29, 0.717) is 18.7 Å². The fourth-order valence-electron chi connectivity index (χ4n) is 3.68. The fraction of sp³-hybridized carbons (Fsp3) is 0.522. The van der Waals surface area contributed by atoms with Crippen molar-refractivity contribution in [2.75, 3.05) is 26.7 Å². The highest BCUT2D eigenvalue weighted by atomic mass is 16.5. The predicted octanol–water partition coefficient (Wildman–Crippen LogP) is 2.16. The first-order chi connectivity index (χ1) is 15.0. The van der Waals surface area contributed by atoms with Crippen LogP contribution in [0.5, 0.6) is 0 Å². The second-order valence-corrected chi connectivity index (χ2v) is 7.90. The molecule has 31 heavy (non-hydrogen) atoms. The van der Waals surface area contributed by atoms with Gasteiger partial charge in [0.25, 0.3) is 5.91 Å². The maximum absolute atomic E-state index is 12.4. The Morgan fingerprint density at radius 3 is 2.84 bits per heavy atom. The molecule has 0 radical (unpaired) electrons. The third-order valence-corrected chi connectivity index (χ3v) is 5.33. The van der Waals surface area contributed by atoms with E-state index in [4.69, 9.17) is 4.74 Å². The summed E-state index contributed by atoms with van der Waals surface area (Å²) >= 11 is 0. The molecule has 1 fully saturated rings. The van der Waals surface area contributed by atoms with Crippen LogP contribution in [0.2, 0.25) is 0 Å². The van der Waals surface area contributed by atoms with Gasteiger partial charge in [-0.3, -0.25) is 14.5 Å². The molecule has 1 saturated heterocycles. The van der Waals surface area contributed by atoms with Gasteiger partial charge in [-0.1, -0.05) is 12.1 Å². The van der Waals surface area contributed by atoms with Crippen molar-refractivity contribution in [1.29, 1.82) is 0 Å². The van der Waals surface area contributed by atoms with E-state index in [1.54, 1.807) is 7.05 Å². The smallest absolute Gasteiger partial charge is 0.251 e. The lowest BCUT2D eigenvalue weighted by Crippen LogP contribution is -2.37. The van der Waals surface area contributed by atoms with Crippen LogP contribution >= 0.6 is 0 Å². The predicted molar refractivity (Wildman–Crippen MR) is 122 cm³/mol. The van der Waals surface area contributed by atoms with Crippen LogP contribution in [0.4, 0.5) is 0 Å². The lowest BCUT2D eigenvalue weighted by Gasteiger charge is -2.13. The average Bonchev–Trinajstić information content (AvgIpc) is 3.40. The Morgan fingerprint density at radius 1 is 1.26 bits per heavy atom. The third-order valence-electron chi connectivity index (χ3n) is 5.33. The number of ether oxygens (including phenoxy) is 1. The van der Waals surface area contributed by atoms with Crippen LogP contribution in [0.1, 0.15) is 46.6 Å². The van der Waals surface area contributed by atoms with Crippen LogP contribution in [-0.2, 0) is 17.8 Å². The van der Waals surface area contributed by atoms with E-state index in [1.165, 1.54) is 5.69 Å². The second kappa shape index (κ2) is 11.5.